The van der Waals surface area contributed by atoms with Gasteiger partial charge in [0, 0.05) is 16.8 Å². The Morgan fingerprint density at radius 2 is 1.93 bits per heavy atom. The number of H-pyrrole nitrogens is 1. The number of hydrogen-bond donors (Lipinski definition) is 1. The van der Waals surface area contributed by atoms with E-state index in [9.17, 15) is 9.59 Å². The number of benzene rings is 1. The normalized spacial score (nSPS) is 11.1. The number of carbonyl (C=O) groups is 1. The van der Waals surface area contributed by atoms with Crippen LogP contribution in [0.3, 0.4) is 0 Å². The van der Waals surface area contributed by atoms with Gasteiger partial charge in [-0.15, -0.1) is 11.3 Å². The van der Waals surface area contributed by atoms with Crippen LogP contribution in [0.4, 0.5) is 0 Å². The van der Waals surface area contributed by atoms with Gasteiger partial charge in [-0.3, -0.25) is 4.79 Å². The van der Waals surface area contributed by atoms with Gasteiger partial charge in [0.15, 0.2) is 0 Å². The number of thiophene rings is 1. The number of aromatic nitrogens is 4. The van der Waals surface area contributed by atoms with Crippen molar-refractivity contribution in [3.63, 3.8) is 0 Å². The van der Waals surface area contributed by atoms with E-state index in [2.05, 4.69) is 15.1 Å². The molecule has 7 nitrogen and oxygen atoms in total. The highest BCUT2D eigenvalue weighted by Crippen LogP contribution is 2.25. The highest BCUT2D eigenvalue weighted by Gasteiger charge is 2.14. The predicted octanol–water partition coefficient (Wildman–Crippen LogP) is 3.45. The summed E-state index contributed by atoms with van der Waals surface area (Å²) in [6.07, 6.45) is 1.72. The Morgan fingerprint density at radius 1 is 1.18 bits per heavy atom. The molecule has 0 saturated carbocycles. The number of hydrogen-bond acceptors (Lipinski definition) is 6. The molecule has 0 saturated heterocycles. The lowest BCUT2D eigenvalue weighted by Crippen LogP contribution is -2.14. The molecule has 0 fully saturated rings. The fraction of sp³-hybridized carbons (Fsp3) is 0.200. The summed E-state index contributed by atoms with van der Waals surface area (Å²) in [4.78, 5) is 33.4. The van der Waals surface area contributed by atoms with Crippen LogP contribution in [0.25, 0.3) is 15.9 Å². The molecule has 142 valence electrons. The minimum absolute atomic E-state index is 0.0972. The van der Waals surface area contributed by atoms with E-state index < -0.39 is 5.97 Å². The lowest BCUT2D eigenvalue weighted by Gasteiger charge is -2.07. The zero-order chi connectivity index (χ0) is 19.8. The van der Waals surface area contributed by atoms with Crippen molar-refractivity contribution in [3.8, 4) is 5.69 Å². The summed E-state index contributed by atoms with van der Waals surface area (Å²) in [5, 5.41) is 4.84. The number of nitrogens with zero attached hydrogens (tertiary/aromatic N) is 3. The average molecular weight is 394 g/mol. The summed E-state index contributed by atoms with van der Waals surface area (Å²) in [5.41, 5.74) is 3.00. The quantitative estimate of drug-likeness (QED) is 0.536. The number of carbonyl (C=O) groups excluding carboxylic acids is 1. The SMILES string of the molecule is Cc1sc2nc(COC(=O)c3ccc(-n4nccc4C)cc3)[nH]c(=O)c2c1C. The number of aromatic amines is 1. The van der Waals surface area contributed by atoms with E-state index in [4.69, 9.17) is 4.74 Å². The molecule has 28 heavy (non-hydrogen) atoms. The minimum atomic E-state index is -0.481. The van der Waals surface area contributed by atoms with Gasteiger partial charge in [-0.25, -0.2) is 14.5 Å². The van der Waals surface area contributed by atoms with Gasteiger partial charge in [0.1, 0.15) is 17.3 Å². The first-order chi connectivity index (χ1) is 13.4. The number of esters is 1. The van der Waals surface area contributed by atoms with Crippen molar-refractivity contribution in [3.05, 3.63) is 74.4 Å². The molecule has 0 unspecified atom stereocenters. The molecule has 3 aromatic heterocycles. The summed E-state index contributed by atoms with van der Waals surface area (Å²) >= 11 is 1.46. The van der Waals surface area contributed by atoms with Gasteiger partial charge >= 0.3 is 5.97 Å². The third-order valence-electron chi connectivity index (χ3n) is 4.61. The molecule has 1 aromatic carbocycles. The fourth-order valence-electron chi connectivity index (χ4n) is 2.96. The van der Waals surface area contributed by atoms with E-state index in [0.29, 0.717) is 21.6 Å². The van der Waals surface area contributed by atoms with E-state index in [0.717, 1.165) is 21.8 Å². The maximum atomic E-state index is 12.3. The van der Waals surface area contributed by atoms with Crippen molar-refractivity contribution < 1.29 is 9.53 Å². The third kappa shape index (κ3) is 3.22. The Balaban J connectivity index is 1.49. The highest BCUT2D eigenvalue weighted by atomic mass is 32.1. The van der Waals surface area contributed by atoms with Crippen molar-refractivity contribution in [1.82, 2.24) is 19.7 Å². The first kappa shape index (κ1) is 18.1. The standard InChI is InChI=1S/C20H18N4O3S/c1-11-8-9-21-24(11)15-6-4-14(5-7-15)20(26)27-10-16-22-18(25)17-12(2)13(3)28-19(17)23-16/h4-9H,10H2,1-3H3,(H,22,23,25). The summed E-state index contributed by atoms with van der Waals surface area (Å²) in [6, 6.07) is 8.89. The van der Waals surface area contributed by atoms with Crippen molar-refractivity contribution in [1.29, 1.82) is 0 Å². The van der Waals surface area contributed by atoms with Gasteiger partial charge in [-0.05, 0) is 56.7 Å². The fourth-order valence-corrected chi connectivity index (χ4v) is 4.01. The number of ether oxygens (including phenoxy) is 1. The molecule has 1 N–H and O–H groups in total. The van der Waals surface area contributed by atoms with Gasteiger partial charge in [-0.1, -0.05) is 0 Å². The molecule has 0 aliphatic heterocycles. The van der Waals surface area contributed by atoms with E-state index in [-0.39, 0.29) is 12.2 Å². The minimum Gasteiger partial charge on any atom is -0.454 e. The topological polar surface area (TPSA) is 89.9 Å². The van der Waals surface area contributed by atoms with Crippen LogP contribution in [0.15, 0.2) is 41.3 Å². The van der Waals surface area contributed by atoms with Crippen LogP contribution >= 0.6 is 11.3 Å². The zero-order valence-electron chi connectivity index (χ0n) is 15.6. The Labute approximate surface area is 164 Å². The molecule has 4 aromatic rings. The van der Waals surface area contributed by atoms with E-state index in [1.165, 1.54) is 11.3 Å². The van der Waals surface area contributed by atoms with Gasteiger partial charge in [0.2, 0.25) is 0 Å². The van der Waals surface area contributed by atoms with Crippen LogP contribution in [0.1, 0.15) is 32.3 Å². The zero-order valence-corrected chi connectivity index (χ0v) is 16.5. The van der Waals surface area contributed by atoms with Crippen LogP contribution in [-0.4, -0.2) is 25.7 Å². The molecule has 4 rings (SSSR count). The monoisotopic (exact) mass is 394 g/mol. The Morgan fingerprint density at radius 3 is 2.61 bits per heavy atom. The molecule has 0 aliphatic carbocycles. The maximum absolute atomic E-state index is 12.3. The predicted molar refractivity (Wildman–Crippen MR) is 107 cm³/mol. The largest absolute Gasteiger partial charge is 0.454 e. The van der Waals surface area contributed by atoms with Crippen LogP contribution in [-0.2, 0) is 11.3 Å². The van der Waals surface area contributed by atoms with Crippen LogP contribution in [0.2, 0.25) is 0 Å². The second-order valence-corrected chi connectivity index (χ2v) is 7.69. The summed E-state index contributed by atoms with van der Waals surface area (Å²) < 4.78 is 7.10. The van der Waals surface area contributed by atoms with Gasteiger partial charge in [-0.2, -0.15) is 5.10 Å². The molecule has 0 atom stereocenters. The third-order valence-corrected chi connectivity index (χ3v) is 5.71. The molecule has 8 heteroatoms. The summed E-state index contributed by atoms with van der Waals surface area (Å²) in [6.45, 7) is 5.71. The van der Waals surface area contributed by atoms with Crippen LogP contribution < -0.4 is 5.56 Å². The lowest BCUT2D eigenvalue weighted by molar-refractivity contribution is 0.0462. The number of aryl methyl sites for hydroxylation is 3. The maximum Gasteiger partial charge on any atom is 0.338 e. The summed E-state index contributed by atoms with van der Waals surface area (Å²) in [5.74, 6) is -0.152. The molecule has 0 aliphatic rings. The first-order valence-electron chi connectivity index (χ1n) is 8.71. The number of rotatable bonds is 4. The molecule has 3 heterocycles. The first-order valence-corrected chi connectivity index (χ1v) is 9.53. The second kappa shape index (κ2) is 7.05. The number of fused-ring (bicyclic) bond motifs is 1. The highest BCUT2D eigenvalue weighted by molar-refractivity contribution is 7.18. The molecular weight excluding hydrogens is 376 g/mol. The van der Waals surface area contributed by atoms with Crippen LogP contribution in [0.5, 0.6) is 0 Å². The Kier molecular flexibility index (Phi) is 4.56. The Hall–Kier alpha value is -3.26. The van der Waals surface area contributed by atoms with Crippen molar-refractivity contribution in [2.24, 2.45) is 0 Å². The van der Waals surface area contributed by atoms with Crippen molar-refractivity contribution in [2.75, 3.05) is 0 Å². The van der Waals surface area contributed by atoms with E-state index >= 15 is 0 Å². The Bertz CT molecular complexity index is 1230. The molecule has 0 amide bonds. The van der Waals surface area contributed by atoms with Gasteiger partial charge < -0.3 is 9.72 Å². The second-order valence-electron chi connectivity index (χ2n) is 6.48. The molecular formula is C20H18N4O3S. The van der Waals surface area contributed by atoms with E-state index in [1.54, 1.807) is 35.1 Å². The van der Waals surface area contributed by atoms with Crippen molar-refractivity contribution >= 4 is 27.5 Å². The molecule has 0 bridgehead atoms. The smallest absolute Gasteiger partial charge is 0.338 e. The van der Waals surface area contributed by atoms with Gasteiger partial charge in [0.05, 0.1) is 16.6 Å². The molecule has 0 radical (unpaired) electrons. The van der Waals surface area contributed by atoms with Crippen LogP contribution in [0, 0.1) is 20.8 Å². The van der Waals surface area contributed by atoms with Gasteiger partial charge in [0.25, 0.3) is 5.56 Å². The van der Waals surface area contributed by atoms with Crippen molar-refractivity contribution in [2.45, 2.75) is 27.4 Å². The summed E-state index contributed by atoms with van der Waals surface area (Å²) in [7, 11) is 0. The number of nitrogens with one attached hydrogen (secondary N) is 1. The average Bonchev–Trinajstić information content (AvgIpc) is 3.23. The lowest BCUT2D eigenvalue weighted by atomic mass is 10.2. The van der Waals surface area contributed by atoms with E-state index in [1.807, 2.05) is 26.8 Å². The molecule has 0 spiro atoms.